The van der Waals surface area contributed by atoms with Gasteiger partial charge in [0.2, 0.25) is 15.0 Å². The second-order valence-electron chi connectivity index (χ2n) is 5.50. The standard InChI is InChI=1S/C15H12N4O5S/c1-8-3-4-10(19(21)22)6-11(8)12-5-9-7-16-15(25(2,23)24)18-13(9)14(20)17-12/h3-7H,1-2H3,(H,17,20). The highest BCUT2D eigenvalue weighted by molar-refractivity contribution is 7.90. The van der Waals surface area contributed by atoms with E-state index >= 15 is 0 Å². The van der Waals surface area contributed by atoms with Crippen LogP contribution < -0.4 is 5.56 Å². The Kier molecular flexibility index (Phi) is 3.84. The van der Waals surface area contributed by atoms with Crippen LogP contribution in [0.5, 0.6) is 0 Å². The summed E-state index contributed by atoms with van der Waals surface area (Å²) in [5, 5.41) is 10.9. The number of nitrogens with one attached hydrogen (secondary N) is 1. The first-order chi connectivity index (χ1) is 11.7. The van der Waals surface area contributed by atoms with E-state index in [-0.39, 0.29) is 11.2 Å². The van der Waals surface area contributed by atoms with Crippen molar-refractivity contribution in [1.29, 1.82) is 0 Å². The molecule has 2 aromatic heterocycles. The van der Waals surface area contributed by atoms with Crippen LogP contribution in [0.1, 0.15) is 5.56 Å². The first-order valence-corrected chi connectivity index (χ1v) is 8.91. The number of nitrogens with zero attached hydrogens (tertiary/aromatic N) is 3. The summed E-state index contributed by atoms with van der Waals surface area (Å²) < 4.78 is 23.0. The van der Waals surface area contributed by atoms with Gasteiger partial charge < -0.3 is 4.98 Å². The maximum Gasteiger partial charge on any atom is 0.275 e. The molecule has 1 N–H and O–H groups in total. The molecule has 0 saturated carbocycles. The number of nitro groups is 1. The molecule has 1 aromatic carbocycles. The number of H-pyrrole nitrogens is 1. The Bertz CT molecular complexity index is 1180. The Morgan fingerprint density at radius 1 is 1.24 bits per heavy atom. The van der Waals surface area contributed by atoms with Gasteiger partial charge in [-0.05, 0) is 18.6 Å². The molecule has 25 heavy (non-hydrogen) atoms. The molecular formula is C15H12N4O5S. The number of aromatic nitrogens is 3. The van der Waals surface area contributed by atoms with Gasteiger partial charge in [0.25, 0.3) is 11.2 Å². The monoisotopic (exact) mass is 360 g/mol. The molecule has 0 amide bonds. The SMILES string of the molecule is Cc1ccc([N+](=O)[O-])cc1-c1cc2cnc(S(C)(=O)=O)nc2c(=O)[nH]1. The van der Waals surface area contributed by atoms with E-state index < -0.39 is 25.5 Å². The van der Waals surface area contributed by atoms with Gasteiger partial charge in [0, 0.05) is 41.2 Å². The van der Waals surface area contributed by atoms with Crippen LogP contribution >= 0.6 is 0 Å². The summed E-state index contributed by atoms with van der Waals surface area (Å²) in [6.45, 7) is 1.75. The number of aryl methyl sites for hydroxylation is 1. The predicted molar refractivity (Wildman–Crippen MR) is 90.1 cm³/mol. The van der Waals surface area contributed by atoms with Gasteiger partial charge in [0.15, 0.2) is 0 Å². The number of pyridine rings is 1. The van der Waals surface area contributed by atoms with Crippen molar-refractivity contribution in [3.63, 3.8) is 0 Å². The number of non-ortho nitro benzene ring substituents is 1. The summed E-state index contributed by atoms with van der Waals surface area (Å²) in [4.78, 5) is 32.9. The summed E-state index contributed by atoms with van der Waals surface area (Å²) in [7, 11) is -3.65. The van der Waals surface area contributed by atoms with Crippen molar-refractivity contribution < 1.29 is 13.3 Å². The number of fused-ring (bicyclic) bond motifs is 1. The van der Waals surface area contributed by atoms with Gasteiger partial charge in [0.05, 0.1) is 4.92 Å². The topological polar surface area (TPSA) is 136 Å². The van der Waals surface area contributed by atoms with Crippen LogP contribution in [0.3, 0.4) is 0 Å². The van der Waals surface area contributed by atoms with E-state index in [0.717, 1.165) is 11.8 Å². The molecule has 0 aliphatic heterocycles. The largest absolute Gasteiger partial charge is 0.320 e. The van der Waals surface area contributed by atoms with E-state index in [1.165, 1.54) is 18.3 Å². The first-order valence-electron chi connectivity index (χ1n) is 7.02. The fourth-order valence-corrected chi connectivity index (χ4v) is 2.87. The zero-order valence-corrected chi connectivity index (χ0v) is 14.0. The molecule has 0 bridgehead atoms. The zero-order valence-electron chi connectivity index (χ0n) is 13.2. The highest BCUT2D eigenvalue weighted by atomic mass is 32.2. The number of sulfone groups is 1. The minimum atomic E-state index is -3.65. The molecule has 0 unspecified atom stereocenters. The van der Waals surface area contributed by atoms with Gasteiger partial charge >= 0.3 is 0 Å². The van der Waals surface area contributed by atoms with Gasteiger partial charge in [-0.1, -0.05) is 6.07 Å². The first kappa shape index (κ1) is 16.7. The molecule has 3 aromatic rings. The zero-order chi connectivity index (χ0) is 18.4. The van der Waals surface area contributed by atoms with Gasteiger partial charge in [-0.25, -0.2) is 18.4 Å². The Hall–Kier alpha value is -3.14. The number of aromatic amines is 1. The molecular weight excluding hydrogens is 348 g/mol. The number of benzene rings is 1. The second-order valence-corrected chi connectivity index (χ2v) is 7.41. The molecule has 0 atom stereocenters. The van der Waals surface area contributed by atoms with Crippen molar-refractivity contribution in [2.75, 3.05) is 6.26 Å². The molecule has 0 radical (unpaired) electrons. The molecule has 0 fully saturated rings. The van der Waals surface area contributed by atoms with Crippen LogP contribution in [0.15, 0.2) is 40.4 Å². The van der Waals surface area contributed by atoms with Crippen molar-refractivity contribution in [3.05, 3.63) is 56.5 Å². The average Bonchev–Trinajstić information content (AvgIpc) is 2.53. The molecule has 0 aliphatic rings. The lowest BCUT2D eigenvalue weighted by atomic mass is 10.0. The van der Waals surface area contributed by atoms with Gasteiger partial charge in [-0.2, -0.15) is 0 Å². The molecule has 2 heterocycles. The van der Waals surface area contributed by atoms with Gasteiger partial charge in [0.1, 0.15) is 5.52 Å². The van der Waals surface area contributed by atoms with Crippen molar-refractivity contribution in [1.82, 2.24) is 15.0 Å². The van der Waals surface area contributed by atoms with Crippen LogP contribution in [-0.4, -0.2) is 34.5 Å². The summed E-state index contributed by atoms with van der Waals surface area (Å²) in [5.74, 6) is 0. The molecule has 3 rings (SSSR count). The maximum absolute atomic E-state index is 12.3. The molecule has 0 saturated heterocycles. The number of rotatable bonds is 3. The van der Waals surface area contributed by atoms with Crippen LogP contribution in [0, 0.1) is 17.0 Å². The molecule has 128 valence electrons. The van der Waals surface area contributed by atoms with Crippen molar-refractivity contribution in [2.24, 2.45) is 0 Å². The Balaban J connectivity index is 2.25. The summed E-state index contributed by atoms with van der Waals surface area (Å²) in [6, 6.07) is 5.87. The second kappa shape index (κ2) is 5.74. The molecule has 9 nitrogen and oxygen atoms in total. The smallest absolute Gasteiger partial charge is 0.275 e. The van der Waals surface area contributed by atoms with E-state index in [0.29, 0.717) is 16.6 Å². The molecule has 0 spiro atoms. The predicted octanol–water partition coefficient (Wildman–Crippen LogP) is 1.61. The van der Waals surface area contributed by atoms with Gasteiger partial charge in [-0.15, -0.1) is 0 Å². The highest BCUT2D eigenvalue weighted by Crippen LogP contribution is 2.27. The fraction of sp³-hybridized carbons (Fsp3) is 0.133. The number of hydrogen-bond acceptors (Lipinski definition) is 7. The van der Waals surface area contributed by atoms with Crippen LogP contribution in [0.4, 0.5) is 5.69 Å². The molecule has 0 aliphatic carbocycles. The summed E-state index contributed by atoms with van der Waals surface area (Å²) in [5.41, 5.74) is 0.794. The third kappa shape index (κ3) is 3.11. The van der Waals surface area contributed by atoms with E-state index in [9.17, 15) is 23.3 Å². The van der Waals surface area contributed by atoms with Crippen molar-refractivity contribution in [3.8, 4) is 11.3 Å². The van der Waals surface area contributed by atoms with Gasteiger partial charge in [-0.3, -0.25) is 14.9 Å². The van der Waals surface area contributed by atoms with E-state index in [1.54, 1.807) is 19.1 Å². The Morgan fingerprint density at radius 3 is 2.60 bits per heavy atom. The van der Waals surface area contributed by atoms with Crippen molar-refractivity contribution >= 4 is 26.4 Å². The summed E-state index contributed by atoms with van der Waals surface area (Å²) in [6.07, 6.45) is 2.19. The minimum absolute atomic E-state index is 0.0674. The number of nitro benzene ring substituents is 1. The third-order valence-corrected chi connectivity index (χ3v) is 4.47. The van der Waals surface area contributed by atoms with E-state index in [4.69, 9.17) is 0 Å². The lowest BCUT2D eigenvalue weighted by molar-refractivity contribution is -0.384. The number of hydrogen-bond donors (Lipinski definition) is 1. The van der Waals surface area contributed by atoms with E-state index in [1.807, 2.05) is 0 Å². The van der Waals surface area contributed by atoms with Crippen LogP contribution in [-0.2, 0) is 9.84 Å². The quantitative estimate of drug-likeness (QED) is 0.425. The summed E-state index contributed by atoms with van der Waals surface area (Å²) >= 11 is 0. The normalized spacial score (nSPS) is 11.6. The van der Waals surface area contributed by atoms with Crippen molar-refractivity contribution in [2.45, 2.75) is 12.1 Å². The Labute approximate surface area is 141 Å². The fourth-order valence-electron chi connectivity index (χ4n) is 2.37. The van der Waals surface area contributed by atoms with Crippen LogP contribution in [0.25, 0.3) is 22.2 Å². The Morgan fingerprint density at radius 2 is 1.96 bits per heavy atom. The lowest BCUT2D eigenvalue weighted by Crippen LogP contribution is -2.13. The highest BCUT2D eigenvalue weighted by Gasteiger charge is 2.16. The van der Waals surface area contributed by atoms with Crippen LogP contribution in [0.2, 0.25) is 0 Å². The maximum atomic E-state index is 12.3. The molecule has 10 heteroatoms. The third-order valence-electron chi connectivity index (χ3n) is 3.61. The lowest BCUT2D eigenvalue weighted by Gasteiger charge is -2.07. The average molecular weight is 360 g/mol. The van der Waals surface area contributed by atoms with E-state index in [2.05, 4.69) is 15.0 Å². The minimum Gasteiger partial charge on any atom is -0.320 e.